The molecule has 0 amide bonds. The predicted molar refractivity (Wildman–Crippen MR) is 37.4 cm³/mol. The van der Waals surface area contributed by atoms with Gasteiger partial charge in [-0.3, -0.25) is 9.05 Å². The van der Waals surface area contributed by atoms with Crippen molar-refractivity contribution in [2.75, 3.05) is 13.2 Å². The van der Waals surface area contributed by atoms with Crippen molar-refractivity contribution in [1.82, 2.24) is 0 Å². The minimum absolute atomic E-state index is 0.180. The molecule has 2 rings (SSSR count). The SMILES string of the molecule is O=c1occ(OP2(=O)OCCO2)o1. The standard InChI is InChI=1S/C5H5O7P/c6-5-8-3-4(11-5)12-13(7)9-1-2-10-13/h3H,1-2H2. The normalized spacial score (nSPS) is 20.3. The van der Waals surface area contributed by atoms with Crippen LogP contribution in [0, 0.1) is 0 Å². The summed E-state index contributed by atoms with van der Waals surface area (Å²) in [5.41, 5.74) is 0. The number of phosphoric acid groups is 1. The van der Waals surface area contributed by atoms with Crippen molar-refractivity contribution in [3.05, 3.63) is 16.9 Å². The summed E-state index contributed by atoms with van der Waals surface area (Å²) >= 11 is 0. The fourth-order valence-electron chi connectivity index (χ4n) is 0.765. The molecule has 0 radical (unpaired) electrons. The summed E-state index contributed by atoms with van der Waals surface area (Å²) in [7, 11) is -3.57. The highest BCUT2D eigenvalue weighted by Crippen LogP contribution is 2.52. The van der Waals surface area contributed by atoms with Gasteiger partial charge in [-0.25, -0.2) is 9.36 Å². The quantitative estimate of drug-likeness (QED) is 0.663. The molecule has 13 heavy (non-hydrogen) atoms. The molecular formula is C5H5O7P. The van der Waals surface area contributed by atoms with Crippen LogP contribution >= 0.6 is 7.82 Å². The molecule has 0 bridgehead atoms. The lowest BCUT2D eigenvalue weighted by atomic mass is 10.8. The minimum Gasteiger partial charge on any atom is -0.395 e. The van der Waals surface area contributed by atoms with E-state index in [9.17, 15) is 9.36 Å². The van der Waals surface area contributed by atoms with Gasteiger partial charge >= 0.3 is 19.6 Å². The molecule has 1 aliphatic rings. The molecule has 0 saturated carbocycles. The van der Waals surface area contributed by atoms with Crippen molar-refractivity contribution in [3.8, 4) is 5.95 Å². The van der Waals surface area contributed by atoms with Crippen molar-refractivity contribution >= 4 is 7.82 Å². The number of hydrogen-bond donors (Lipinski definition) is 0. The fourth-order valence-corrected chi connectivity index (χ4v) is 1.84. The van der Waals surface area contributed by atoms with Gasteiger partial charge in [0, 0.05) is 0 Å². The van der Waals surface area contributed by atoms with E-state index in [0.717, 1.165) is 6.26 Å². The van der Waals surface area contributed by atoms with Crippen LogP contribution in [0.25, 0.3) is 0 Å². The Morgan fingerprint density at radius 2 is 2.08 bits per heavy atom. The lowest BCUT2D eigenvalue weighted by Crippen LogP contribution is -1.92. The zero-order valence-corrected chi connectivity index (χ0v) is 7.19. The maximum absolute atomic E-state index is 11.3. The van der Waals surface area contributed by atoms with E-state index in [1.54, 1.807) is 0 Å². The van der Waals surface area contributed by atoms with E-state index in [1.165, 1.54) is 0 Å². The van der Waals surface area contributed by atoms with Gasteiger partial charge in [0.15, 0.2) is 6.26 Å². The van der Waals surface area contributed by atoms with Crippen LogP contribution in [-0.2, 0) is 13.6 Å². The second-order valence-electron chi connectivity index (χ2n) is 2.11. The van der Waals surface area contributed by atoms with Crippen LogP contribution in [0.3, 0.4) is 0 Å². The number of rotatable bonds is 2. The first kappa shape index (κ1) is 8.55. The van der Waals surface area contributed by atoms with E-state index in [1.807, 2.05) is 0 Å². The second-order valence-corrected chi connectivity index (χ2v) is 3.71. The number of phosphoric ester groups is 1. The van der Waals surface area contributed by atoms with Crippen molar-refractivity contribution in [3.63, 3.8) is 0 Å². The van der Waals surface area contributed by atoms with Crippen LogP contribution < -0.4 is 10.3 Å². The maximum Gasteiger partial charge on any atom is 0.532 e. The molecule has 8 heteroatoms. The van der Waals surface area contributed by atoms with Gasteiger partial charge in [-0.1, -0.05) is 0 Å². The highest BCUT2D eigenvalue weighted by Gasteiger charge is 2.35. The Balaban J connectivity index is 2.13. The first-order chi connectivity index (χ1) is 6.18. The Labute approximate surface area is 71.8 Å². The van der Waals surface area contributed by atoms with E-state index < -0.39 is 13.6 Å². The van der Waals surface area contributed by atoms with E-state index in [0.29, 0.717) is 0 Å². The Kier molecular flexibility index (Phi) is 1.99. The fraction of sp³-hybridized carbons (Fsp3) is 0.400. The third-order valence-corrected chi connectivity index (χ3v) is 2.62. The zero-order chi connectivity index (χ0) is 9.31. The van der Waals surface area contributed by atoms with Gasteiger partial charge in [0.2, 0.25) is 0 Å². The predicted octanol–water partition coefficient (Wildman–Crippen LogP) is 0.766. The van der Waals surface area contributed by atoms with Gasteiger partial charge in [0.25, 0.3) is 0 Å². The lowest BCUT2D eigenvalue weighted by molar-refractivity contribution is 0.240. The third-order valence-electron chi connectivity index (χ3n) is 1.22. The molecule has 0 unspecified atom stereocenters. The average Bonchev–Trinajstić information content (AvgIpc) is 2.62. The van der Waals surface area contributed by atoms with Crippen LogP contribution in [0.1, 0.15) is 0 Å². The highest BCUT2D eigenvalue weighted by molar-refractivity contribution is 7.49. The van der Waals surface area contributed by atoms with Crippen molar-refractivity contribution in [2.24, 2.45) is 0 Å². The summed E-state index contributed by atoms with van der Waals surface area (Å²) in [5, 5.41) is 0. The van der Waals surface area contributed by atoms with E-state index in [4.69, 9.17) is 0 Å². The zero-order valence-electron chi connectivity index (χ0n) is 6.30. The Morgan fingerprint density at radius 3 is 2.62 bits per heavy atom. The molecule has 0 N–H and O–H groups in total. The number of hydrogen-bond acceptors (Lipinski definition) is 7. The Hall–Kier alpha value is -1.04. The lowest BCUT2D eigenvalue weighted by Gasteiger charge is -2.05. The molecule has 1 aromatic rings. The third kappa shape index (κ3) is 1.82. The van der Waals surface area contributed by atoms with Crippen molar-refractivity contribution in [2.45, 2.75) is 0 Å². The van der Waals surface area contributed by atoms with Crippen molar-refractivity contribution < 1.29 is 27.0 Å². The molecule has 1 fully saturated rings. The van der Waals surface area contributed by atoms with Gasteiger partial charge in [0.1, 0.15) is 0 Å². The van der Waals surface area contributed by atoms with Crippen LogP contribution in [0.2, 0.25) is 0 Å². The van der Waals surface area contributed by atoms with E-state index in [2.05, 4.69) is 22.4 Å². The molecule has 2 heterocycles. The summed E-state index contributed by atoms with van der Waals surface area (Å²) in [6.45, 7) is 0.360. The smallest absolute Gasteiger partial charge is 0.395 e. The van der Waals surface area contributed by atoms with Crippen LogP contribution in [0.15, 0.2) is 19.9 Å². The highest BCUT2D eigenvalue weighted by atomic mass is 31.2. The molecule has 1 aromatic heterocycles. The van der Waals surface area contributed by atoms with Gasteiger partial charge in [0.05, 0.1) is 13.2 Å². The summed E-state index contributed by atoms with van der Waals surface area (Å²) in [6, 6.07) is 0. The first-order valence-electron chi connectivity index (χ1n) is 3.35. The second kappa shape index (κ2) is 3.02. The molecule has 1 saturated heterocycles. The molecule has 72 valence electrons. The summed E-state index contributed by atoms with van der Waals surface area (Å²) < 4.78 is 33.9. The summed E-state index contributed by atoms with van der Waals surface area (Å²) in [4.78, 5) is 10.4. The molecule has 0 atom stereocenters. The largest absolute Gasteiger partial charge is 0.532 e. The van der Waals surface area contributed by atoms with Crippen molar-refractivity contribution in [1.29, 1.82) is 0 Å². The van der Waals surface area contributed by atoms with Gasteiger partial charge < -0.3 is 13.4 Å². The topological polar surface area (TPSA) is 88.1 Å². The Bertz CT molecular complexity index is 380. The first-order valence-corrected chi connectivity index (χ1v) is 4.81. The van der Waals surface area contributed by atoms with Gasteiger partial charge in [-0.15, -0.1) is 0 Å². The monoisotopic (exact) mass is 208 g/mol. The summed E-state index contributed by atoms with van der Waals surface area (Å²) in [5.74, 6) is -1.27. The molecule has 0 aromatic carbocycles. The van der Waals surface area contributed by atoms with Gasteiger partial charge in [-0.05, 0) is 0 Å². The molecule has 1 aliphatic heterocycles. The Morgan fingerprint density at radius 1 is 1.38 bits per heavy atom. The van der Waals surface area contributed by atoms with Crippen LogP contribution in [0.5, 0.6) is 5.95 Å². The minimum atomic E-state index is -3.57. The van der Waals surface area contributed by atoms with Gasteiger partial charge in [-0.2, -0.15) is 0 Å². The van der Waals surface area contributed by atoms with E-state index >= 15 is 0 Å². The maximum atomic E-state index is 11.3. The van der Waals surface area contributed by atoms with Crippen LogP contribution in [0.4, 0.5) is 0 Å². The molecule has 0 spiro atoms. The van der Waals surface area contributed by atoms with Crippen LogP contribution in [-0.4, -0.2) is 13.2 Å². The molecule has 0 aliphatic carbocycles. The average molecular weight is 208 g/mol. The van der Waals surface area contributed by atoms with E-state index in [-0.39, 0.29) is 19.2 Å². The molecule has 7 nitrogen and oxygen atoms in total. The molecular weight excluding hydrogens is 203 g/mol. The summed E-state index contributed by atoms with van der Waals surface area (Å²) in [6.07, 6.45) is 0.882.